The first-order valence-corrected chi connectivity index (χ1v) is 6.50. The molecule has 2 rings (SSSR count). The van der Waals surface area contributed by atoms with Crippen LogP contribution in [-0.4, -0.2) is 9.91 Å². The molecule has 0 atom stereocenters. The van der Waals surface area contributed by atoms with Gasteiger partial charge in [0.2, 0.25) is 0 Å². The van der Waals surface area contributed by atoms with Gasteiger partial charge >= 0.3 is 0 Å². The van der Waals surface area contributed by atoms with Gasteiger partial charge in [0.25, 0.3) is 5.69 Å². The molecule has 0 saturated heterocycles. The second kappa shape index (κ2) is 6.45. The normalized spacial score (nSPS) is 10.5. The lowest BCUT2D eigenvalue weighted by molar-refractivity contribution is -0.384. The number of non-ortho nitro benzene ring substituents is 1. The summed E-state index contributed by atoms with van der Waals surface area (Å²) in [6, 6.07) is 10.2. The Labute approximate surface area is 121 Å². The zero-order valence-electron chi connectivity index (χ0n) is 11.0. The van der Waals surface area contributed by atoms with Crippen molar-refractivity contribution >= 4 is 17.3 Å². The molecule has 0 fully saturated rings. The lowest BCUT2D eigenvalue weighted by atomic mass is 10.2. The van der Waals surface area contributed by atoms with Crippen LogP contribution in [0.1, 0.15) is 17.0 Å². The third-order valence-corrected chi connectivity index (χ3v) is 3.18. The summed E-state index contributed by atoms with van der Waals surface area (Å²) in [5.41, 5.74) is 2.62. The van der Waals surface area contributed by atoms with Gasteiger partial charge in [-0.1, -0.05) is 17.7 Å². The Kier molecular flexibility index (Phi) is 4.65. The van der Waals surface area contributed by atoms with Gasteiger partial charge in [0.15, 0.2) is 0 Å². The second-order valence-electron chi connectivity index (χ2n) is 4.41. The first-order chi connectivity index (χ1) is 9.56. The van der Waals surface area contributed by atoms with Gasteiger partial charge in [0, 0.05) is 35.9 Å². The summed E-state index contributed by atoms with van der Waals surface area (Å²) in [7, 11) is 0. The van der Waals surface area contributed by atoms with E-state index in [2.05, 4.69) is 10.3 Å². The highest BCUT2D eigenvalue weighted by Crippen LogP contribution is 2.21. The minimum Gasteiger partial charge on any atom is -0.307 e. The number of benzene rings is 1. The van der Waals surface area contributed by atoms with Crippen molar-refractivity contribution < 1.29 is 4.92 Å². The topological polar surface area (TPSA) is 68.1 Å². The van der Waals surface area contributed by atoms with Crippen LogP contribution in [0, 0.1) is 17.0 Å². The number of aromatic nitrogens is 1. The average molecular weight is 292 g/mol. The van der Waals surface area contributed by atoms with Gasteiger partial charge < -0.3 is 5.32 Å². The van der Waals surface area contributed by atoms with Crippen molar-refractivity contribution in [1.82, 2.24) is 10.3 Å². The van der Waals surface area contributed by atoms with Gasteiger partial charge in [-0.25, -0.2) is 0 Å². The van der Waals surface area contributed by atoms with Crippen LogP contribution < -0.4 is 5.32 Å². The predicted molar refractivity (Wildman–Crippen MR) is 77.6 cm³/mol. The third-order valence-electron chi connectivity index (χ3n) is 2.81. The molecule has 6 heteroatoms. The smallest absolute Gasteiger partial charge is 0.269 e. The summed E-state index contributed by atoms with van der Waals surface area (Å²) in [6.07, 6.45) is 0. The minimum atomic E-state index is -0.429. The van der Waals surface area contributed by atoms with E-state index in [0.29, 0.717) is 23.7 Å². The van der Waals surface area contributed by atoms with Crippen LogP contribution in [-0.2, 0) is 13.1 Å². The molecule has 1 aromatic heterocycles. The number of nitrogens with zero attached hydrogens (tertiary/aromatic N) is 2. The van der Waals surface area contributed by atoms with Crippen molar-refractivity contribution in [1.29, 1.82) is 0 Å². The summed E-state index contributed by atoms with van der Waals surface area (Å²) in [5, 5.41) is 14.4. The van der Waals surface area contributed by atoms with E-state index in [1.54, 1.807) is 6.07 Å². The van der Waals surface area contributed by atoms with Crippen LogP contribution in [0.3, 0.4) is 0 Å². The van der Waals surface area contributed by atoms with Gasteiger partial charge in [0.05, 0.1) is 10.6 Å². The molecule has 0 amide bonds. The molecule has 0 radical (unpaired) electrons. The van der Waals surface area contributed by atoms with Crippen LogP contribution in [0.25, 0.3) is 0 Å². The summed E-state index contributed by atoms with van der Waals surface area (Å²) in [6.45, 7) is 2.97. The first-order valence-electron chi connectivity index (χ1n) is 6.12. The van der Waals surface area contributed by atoms with Crippen LogP contribution >= 0.6 is 11.6 Å². The molecule has 5 nitrogen and oxygen atoms in total. The standard InChI is InChI=1S/C14H14ClN3O2/c1-10-3-2-4-12(17-10)9-16-8-11-7-13(18(19)20)5-6-14(11)15/h2-7,16H,8-9H2,1H3. The van der Waals surface area contributed by atoms with Crippen LogP contribution in [0.4, 0.5) is 5.69 Å². The van der Waals surface area contributed by atoms with Crippen molar-refractivity contribution in [2.24, 2.45) is 0 Å². The summed E-state index contributed by atoms with van der Waals surface area (Å²) >= 11 is 6.03. The monoisotopic (exact) mass is 291 g/mol. The minimum absolute atomic E-state index is 0.0416. The van der Waals surface area contributed by atoms with E-state index < -0.39 is 4.92 Å². The van der Waals surface area contributed by atoms with Gasteiger partial charge in [-0.05, 0) is 30.7 Å². The average Bonchev–Trinajstić information content (AvgIpc) is 2.40. The quantitative estimate of drug-likeness (QED) is 0.678. The van der Waals surface area contributed by atoms with E-state index in [1.165, 1.54) is 12.1 Å². The molecule has 1 heterocycles. The zero-order chi connectivity index (χ0) is 14.5. The van der Waals surface area contributed by atoms with Crippen molar-refractivity contribution in [2.75, 3.05) is 0 Å². The first kappa shape index (κ1) is 14.4. The van der Waals surface area contributed by atoms with Crippen LogP contribution in [0.15, 0.2) is 36.4 Å². The Morgan fingerprint density at radius 1 is 1.30 bits per heavy atom. The highest BCUT2D eigenvalue weighted by atomic mass is 35.5. The molecule has 20 heavy (non-hydrogen) atoms. The van der Waals surface area contributed by atoms with E-state index in [1.807, 2.05) is 25.1 Å². The van der Waals surface area contributed by atoms with Crippen molar-refractivity contribution in [3.63, 3.8) is 0 Å². The fourth-order valence-corrected chi connectivity index (χ4v) is 2.02. The van der Waals surface area contributed by atoms with E-state index in [0.717, 1.165) is 11.4 Å². The number of hydrogen-bond acceptors (Lipinski definition) is 4. The number of nitrogens with one attached hydrogen (secondary N) is 1. The predicted octanol–water partition coefficient (Wildman–Crippen LogP) is 3.24. The highest BCUT2D eigenvalue weighted by molar-refractivity contribution is 6.31. The molecule has 0 aliphatic rings. The molecule has 1 N–H and O–H groups in total. The van der Waals surface area contributed by atoms with Crippen LogP contribution in [0.2, 0.25) is 5.02 Å². The highest BCUT2D eigenvalue weighted by Gasteiger charge is 2.09. The Bertz CT molecular complexity index is 632. The molecule has 0 aliphatic carbocycles. The molecule has 0 aliphatic heterocycles. The maximum atomic E-state index is 10.7. The SMILES string of the molecule is Cc1cccc(CNCc2cc([N+](=O)[O-])ccc2Cl)n1. The maximum absolute atomic E-state index is 10.7. The summed E-state index contributed by atoms with van der Waals surface area (Å²) in [4.78, 5) is 14.7. The van der Waals surface area contributed by atoms with Gasteiger partial charge in [-0.3, -0.25) is 15.1 Å². The zero-order valence-corrected chi connectivity index (χ0v) is 11.7. The Balaban J connectivity index is 2.00. The van der Waals surface area contributed by atoms with E-state index in [9.17, 15) is 10.1 Å². The Hall–Kier alpha value is -1.98. The molecule has 0 spiro atoms. The molecular formula is C14H14ClN3O2. The molecule has 0 bridgehead atoms. The number of hydrogen-bond donors (Lipinski definition) is 1. The lowest BCUT2D eigenvalue weighted by Gasteiger charge is -2.07. The van der Waals surface area contributed by atoms with E-state index >= 15 is 0 Å². The number of nitro groups is 1. The molecule has 104 valence electrons. The van der Waals surface area contributed by atoms with Crippen molar-refractivity contribution in [3.05, 3.63) is 68.5 Å². The maximum Gasteiger partial charge on any atom is 0.269 e. The van der Waals surface area contributed by atoms with Crippen LogP contribution in [0.5, 0.6) is 0 Å². The molecular weight excluding hydrogens is 278 g/mol. The Morgan fingerprint density at radius 2 is 2.10 bits per heavy atom. The molecule has 1 aromatic carbocycles. The lowest BCUT2D eigenvalue weighted by Crippen LogP contribution is -2.14. The number of aryl methyl sites for hydroxylation is 1. The van der Waals surface area contributed by atoms with Gasteiger partial charge in [-0.15, -0.1) is 0 Å². The van der Waals surface area contributed by atoms with Crippen molar-refractivity contribution in [3.8, 4) is 0 Å². The van der Waals surface area contributed by atoms with E-state index in [-0.39, 0.29) is 5.69 Å². The second-order valence-corrected chi connectivity index (χ2v) is 4.81. The van der Waals surface area contributed by atoms with Gasteiger partial charge in [0.1, 0.15) is 0 Å². The third kappa shape index (κ3) is 3.76. The number of halogens is 1. The number of rotatable bonds is 5. The van der Waals surface area contributed by atoms with E-state index in [4.69, 9.17) is 11.6 Å². The molecule has 0 saturated carbocycles. The largest absolute Gasteiger partial charge is 0.307 e. The Morgan fingerprint density at radius 3 is 2.80 bits per heavy atom. The summed E-state index contributed by atoms with van der Waals surface area (Å²) < 4.78 is 0. The molecule has 0 unspecified atom stereocenters. The van der Waals surface area contributed by atoms with Gasteiger partial charge in [-0.2, -0.15) is 0 Å². The molecule has 2 aromatic rings. The van der Waals surface area contributed by atoms with Crippen molar-refractivity contribution in [2.45, 2.75) is 20.0 Å². The fraction of sp³-hybridized carbons (Fsp3) is 0.214. The number of nitro benzene ring substituents is 1. The number of pyridine rings is 1. The fourth-order valence-electron chi connectivity index (χ4n) is 1.83. The summed E-state index contributed by atoms with van der Waals surface area (Å²) in [5.74, 6) is 0.